The van der Waals surface area contributed by atoms with E-state index in [2.05, 4.69) is 4.98 Å². The van der Waals surface area contributed by atoms with Crippen LogP contribution in [0.2, 0.25) is 0 Å². The van der Waals surface area contributed by atoms with Gasteiger partial charge >= 0.3 is 6.18 Å². The Bertz CT molecular complexity index is 705. The Morgan fingerprint density at radius 3 is 2.70 bits per heavy atom. The lowest BCUT2D eigenvalue weighted by molar-refractivity contribution is -0.136. The van der Waals surface area contributed by atoms with Gasteiger partial charge in [-0.25, -0.2) is 0 Å². The van der Waals surface area contributed by atoms with Crippen molar-refractivity contribution in [2.45, 2.75) is 18.7 Å². The van der Waals surface area contributed by atoms with Crippen molar-refractivity contribution in [3.05, 3.63) is 36.0 Å². The molecule has 2 aromatic rings. The van der Waals surface area contributed by atoms with Crippen LogP contribution in [-0.4, -0.2) is 41.0 Å². The van der Waals surface area contributed by atoms with Crippen LogP contribution in [0.4, 0.5) is 18.9 Å². The third-order valence-electron chi connectivity index (χ3n) is 4.35. The van der Waals surface area contributed by atoms with Gasteiger partial charge in [0.05, 0.1) is 17.2 Å². The highest BCUT2D eigenvalue weighted by molar-refractivity contribution is 5.93. The number of hydrogen-bond donors (Lipinski definition) is 2. The average Bonchev–Trinajstić information content (AvgIpc) is 2.52. The minimum absolute atomic E-state index is 0.0868. The molecule has 1 aliphatic heterocycles. The van der Waals surface area contributed by atoms with Crippen molar-refractivity contribution in [1.82, 2.24) is 4.98 Å². The third kappa shape index (κ3) is 2.98. The number of pyridine rings is 1. The van der Waals surface area contributed by atoms with Crippen molar-refractivity contribution >= 4 is 16.6 Å². The lowest BCUT2D eigenvalue weighted by atomic mass is 9.94. The molecule has 1 aromatic heterocycles. The summed E-state index contributed by atoms with van der Waals surface area (Å²) >= 11 is 0. The van der Waals surface area contributed by atoms with Gasteiger partial charge in [-0.3, -0.25) is 4.98 Å². The standard InChI is InChI=1S/C16H17F3N2O2/c17-16(18,19)12-3-1-2-11-13(4-6-20-15(11)12)21-7-5-10(9-22)14(23)8-21/h1-4,6,10,14,22-23H,5,7-9H2/t10-,14-/m1/s1. The Hall–Kier alpha value is -1.86. The highest BCUT2D eigenvalue weighted by Gasteiger charge is 2.34. The zero-order valence-electron chi connectivity index (χ0n) is 12.3. The van der Waals surface area contributed by atoms with Crippen molar-refractivity contribution in [1.29, 1.82) is 0 Å². The lowest BCUT2D eigenvalue weighted by Gasteiger charge is -2.37. The Morgan fingerprint density at radius 2 is 2.04 bits per heavy atom. The van der Waals surface area contributed by atoms with Crippen LogP contribution in [0.5, 0.6) is 0 Å². The molecule has 7 heteroatoms. The number of aromatic nitrogens is 1. The van der Waals surface area contributed by atoms with E-state index in [-0.39, 0.29) is 24.6 Å². The molecule has 0 amide bonds. The molecule has 0 unspecified atom stereocenters. The van der Waals surface area contributed by atoms with Crippen molar-refractivity contribution < 1.29 is 23.4 Å². The van der Waals surface area contributed by atoms with Crippen LogP contribution in [-0.2, 0) is 6.18 Å². The van der Waals surface area contributed by atoms with Crippen molar-refractivity contribution in [3.63, 3.8) is 0 Å². The summed E-state index contributed by atoms with van der Waals surface area (Å²) in [7, 11) is 0. The predicted octanol–water partition coefficient (Wildman–Crippen LogP) is 2.43. The summed E-state index contributed by atoms with van der Waals surface area (Å²) in [6, 6.07) is 5.66. The molecule has 23 heavy (non-hydrogen) atoms. The fraction of sp³-hybridized carbons (Fsp3) is 0.438. The number of alkyl halides is 3. The van der Waals surface area contributed by atoms with Gasteiger partial charge in [-0.2, -0.15) is 13.2 Å². The fourth-order valence-corrected chi connectivity index (χ4v) is 3.08. The maximum atomic E-state index is 13.1. The number of nitrogens with zero attached hydrogens (tertiary/aromatic N) is 2. The molecule has 1 saturated heterocycles. The number of rotatable bonds is 2. The highest BCUT2D eigenvalue weighted by atomic mass is 19.4. The van der Waals surface area contributed by atoms with Crippen LogP contribution in [0.25, 0.3) is 10.9 Å². The van der Waals surface area contributed by atoms with E-state index in [4.69, 9.17) is 0 Å². The summed E-state index contributed by atoms with van der Waals surface area (Å²) < 4.78 is 39.4. The molecule has 3 rings (SSSR count). The van der Waals surface area contributed by atoms with E-state index in [9.17, 15) is 23.4 Å². The van der Waals surface area contributed by atoms with E-state index in [1.54, 1.807) is 12.1 Å². The van der Waals surface area contributed by atoms with E-state index in [1.807, 2.05) is 4.90 Å². The second kappa shape index (κ2) is 5.98. The van der Waals surface area contributed by atoms with E-state index in [1.165, 1.54) is 12.3 Å². The minimum Gasteiger partial charge on any atom is -0.396 e. The van der Waals surface area contributed by atoms with Crippen LogP contribution in [0, 0.1) is 5.92 Å². The number of fused-ring (bicyclic) bond motifs is 1. The van der Waals surface area contributed by atoms with E-state index in [0.717, 1.165) is 6.07 Å². The fourth-order valence-electron chi connectivity index (χ4n) is 3.08. The van der Waals surface area contributed by atoms with Crippen molar-refractivity contribution in [2.75, 3.05) is 24.6 Å². The summed E-state index contributed by atoms with van der Waals surface area (Å²) in [4.78, 5) is 5.75. The number of anilines is 1. The van der Waals surface area contributed by atoms with Gasteiger partial charge in [0.2, 0.25) is 0 Å². The molecule has 1 aromatic carbocycles. The molecule has 0 bridgehead atoms. The molecule has 1 fully saturated rings. The Morgan fingerprint density at radius 1 is 1.26 bits per heavy atom. The molecule has 0 aliphatic carbocycles. The molecule has 0 spiro atoms. The molecule has 4 nitrogen and oxygen atoms in total. The lowest BCUT2D eigenvalue weighted by Crippen LogP contribution is -2.45. The van der Waals surface area contributed by atoms with Crippen LogP contribution < -0.4 is 4.90 Å². The maximum Gasteiger partial charge on any atom is 0.418 e. The number of piperidine rings is 1. The highest BCUT2D eigenvalue weighted by Crippen LogP contribution is 2.37. The van der Waals surface area contributed by atoms with Crippen LogP contribution in [0.15, 0.2) is 30.5 Å². The van der Waals surface area contributed by atoms with Crippen molar-refractivity contribution in [2.24, 2.45) is 5.92 Å². The van der Waals surface area contributed by atoms with Gasteiger partial charge in [0.15, 0.2) is 0 Å². The van der Waals surface area contributed by atoms with Crippen LogP contribution >= 0.6 is 0 Å². The quantitative estimate of drug-likeness (QED) is 0.890. The molecule has 1 aliphatic rings. The smallest absolute Gasteiger partial charge is 0.396 e. The number of para-hydroxylation sites is 1. The predicted molar refractivity (Wildman–Crippen MR) is 80.2 cm³/mol. The first kappa shape index (κ1) is 16.0. The van der Waals surface area contributed by atoms with Gasteiger partial charge in [0.25, 0.3) is 0 Å². The first-order chi connectivity index (χ1) is 10.9. The maximum absolute atomic E-state index is 13.1. The number of aliphatic hydroxyl groups excluding tert-OH is 2. The summed E-state index contributed by atoms with van der Waals surface area (Å²) in [5, 5.41) is 19.7. The second-order valence-electron chi connectivity index (χ2n) is 5.77. The number of β-amino-alcohol motifs (C(OH)–C–C–N with tert-alkyl or cyclic N) is 1. The third-order valence-corrected chi connectivity index (χ3v) is 4.35. The van der Waals surface area contributed by atoms with Crippen molar-refractivity contribution in [3.8, 4) is 0 Å². The minimum atomic E-state index is -4.46. The zero-order chi connectivity index (χ0) is 16.6. The number of hydrogen-bond acceptors (Lipinski definition) is 4. The summed E-state index contributed by atoms with van der Waals surface area (Å²) in [6.07, 6.45) is -3.23. The summed E-state index contributed by atoms with van der Waals surface area (Å²) in [5.74, 6) is -0.190. The number of benzene rings is 1. The first-order valence-corrected chi connectivity index (χ1v) is 7.40. The molecule has 0 radical (unpaired) electrons. The van der Waals surface area contributed by atoms with E-state index < -0.39 is 17.8 Å². The summed E-state index contributed by atoms with van der Waals surface area (Å²) in [6.45, 7) is 0.753. The molecule has 0 saturated carbocycles. The van der Waals surface area contributed by atoms with Gasteiger partial charge in [0.1, 0.15) is 0 Å². The topological polar surface area (TPSA) is 56.6 Å². The summed E-state index contributed by atoms with van der Waals surface area (Å²) in [5.41, 5.74) is -0.226. The van der Waals surface area contributed by atoms with E-state index >= 15 is 0 Å². The largest absolute Gasteiger partial charge is 0.418 e. The first-order valence-electron chi connectivity index (χ1n) is 7.40. The molecule has 2 atom stereocenters. The SMILES string of the molecule is OC[C@H]1CCN(c2ccnc3c(C(F)(F)F)cccc23)C[C@H]1O. The monoisotopic (exact) mass is 326 g/mol. The van der Waals surface area contributed by atoms with Gasteiger partial charge < -0.3 is 15.1 Å². The van der Waals surface area contributed by atoms with Gasteiger partial charge in [-0.05, 0) is 18.6 Å². The van der Waals surface area contributed by atoms with Crippen LogP contribution in [0.1, 0.15) is 12.0 Å². The molecular weight excluding hydrogens is 309 g/mol. The Balaban J connectivity index is 2.03. The second-order valence-corrected chi connectivity index (χ2v) is 5.77. The normalized spacial score (nSPS) is 22.6. The molecule has 2 heterocycles. The number of halogens is 3. The molecule has 124 valence electrons. The molecular formula is C16H17F3N2O2. The Labute approximate surface area is 131 Å². The Kier molecular flexibility index (Phi) is 4.16. The van der Waals surface area contributed by atoms with Gasteiger partial charge in [-0.15, -0.1) is 0 Å². The van der Waals surface area contributed by atoms with Crippen LogP contribution in [0.3, 0.4) is 0 Å². The van der Waals surface area contributed by atoms with Gasteiger partial charge in [-0.1, -0.05) is 12.1 Å². The number of aliphatic hydroxyl groups is 2. The van der Waals surface area contributed by atoms with E-state index in [0.29, 0.717) is 24.0 Å². The molecule has 2 N–H and O–H groups in total. The van der Waals surface area contributed by atoms with Gasteiger partial charge in [0, 0.05) is 42.9 Å². The zero-order valence-corrected chi connectivity index (χ0v) is 12.3. The average molecular weight is 326 g/mol.